The minimum atomic E-state index is -2.96. The average molecular weight is 348 g/mol. The number of ether oxygens (including phenoxy) is 1. The van der Waals surface area contributed by atoms with Gasteiger partial charge in [-0.05, 0) is 50.5 Å². The van der Waals surface area contributed by atoms with Crippen molar-refractivity contribution in [2.75, 3.05) is 5.32 Å². The van der Waals surface area contributed by atoms with Crippen LogP contribution in [0.4, 0.5) is 19.3 Å². The lowest BCUT2D eigenvalue weighted by Crippen LogP contribution is -2.32. The third-order valence-corrected chi connectivity index (χ3v) is 3.94. The van der Waals surface area contributed by atoms with Crippen LogP contribution >= 0.6 is 0 Å². The summed E-state index contributed by atoms with van der Waals surface area (Å²) in [5.41, 5.74) is 4.03. The van der Waals surface area contributed by atoms with E-state index in [9.17, 15) is 13.6 Å². The van der Waals surface area contributed by atoms with Gasteiger partial charge in [-0.25, -0.2) is 4.79 Å². The lowest BCUT2D eigenvalue weighted by Gasteiger charge is -2.19. The molecular weight excluding hydrogens is 326 g/mol. The van der Waals surface area contributed by atoms with E-state index in [0.29, 0.717) is 5.56 Å². The molecule has 4 nitrogen and oxygen atoms in total. The molecule has 2 aromatic rings. The molecule has 0 aliphatic heterocycles. The van der Waals surface area contributed by atoms with E-state index in [0.717, 1.165) is 16.7 Å². The predicted molar refractivity (Wildman–Crippen MR) is 94.3 cm³/mol. The largest absolute Gasteiger partial charge is 0.433 e. The number of alkyl halides is 2. The normalized spacial score (nSPS) is 12.0. The number of benzene rings is 2. The number of urea groups is 1. The molecule has 134 valence electrons. The fourth-order valence-corrected chi connectivity index (χ4v) is 2.65. The van der Waals surface area contributed by atoms with Crippen molar-refractivity contribution >= 4 is 11.7 Å². The van der Waals surface area contributed by atoms with Crippen molar-refractivity contribution in [3.05, 3.63) is 58.7 Å². The molecular formula is C19H22F2N2O2. The molecule has 0 aliphatic carbocycles. The minimum Gasteiger partial charge on any atom is -0.433 e. The van der Waals surface area contributed by atoms with Gasteiger partial charge in [0.1, 0.15) is 5.75 Å². The first-order chi connectivity index (χ1) is 11.8. The summed E-state index contributed by atoms with van der Waals surface area (Å²) in [6.07, 6.45) is 0. The van der Waals surface area contributed by atoms with Crippen molar-refractivity contribution in [2.24, 2.45) is 0 Å². The molecule has 6 heteroatoms. The van der Waals surface area contributed by atoms with Crippen LogP contribution in [0.1, 0.15) is 35.2 Å². The quantitative estimate of drug-likeness (QED) is 0.790. The molecule has 1 atom stereocenters. The van der Waals surface area contributed by atoms with Crippen LogP contribution in [-0.4, -0.2) is 12.6 Å². The number of para-hydroxylation sites is 1. The van der Waals surface area contributed by atoms with E-state index >= 15 is 0 Å². The summed E-state index contributed by atoms with van der Waals surface area (Å²) < 4.78 is 29.5. The SMILES string of the molecule is Cc1ccc(C)c(C(C)NC(=O)Nc2c(C)cccc2OC(F)F)c1. The third kappa shape index (κ3) is 4.92. The molecule has 1 unspecified atom stereocenters. The zero-order valence-corrected chi connectivity index (χ0v) is 14.7. The topological polar surface area (TPSA) is 50.4 Å². The Balaban J connectivity index is 2.14. The molecule has 0 aliphatic rings. The number of aryl methyl sites for hydroxylation is 3. The van der Waals surface area contributed by atoms with Crippen LogP contribution in [0.15, 0.2) is 36.4 Å². The van der Waals surface area contributed by atoms with Gasteiger partial charge in [0.15, 0.2) is 0 Å². The zero-order chi connectivity index (χ0) is 18.6. The van der Waals surface area contributed by atoms with Gasteiger partial charge in [-0.15, -0.1) is 0 Å². The van der Waals surface area contributed by atoms with Gasteiger partial charge in [0.2, 0.25) is 0 Å². The molecule has 2 N–H and O–H groups in total. The number of anilines is 1. The number of nitrogens with one attached hydrogen (secondary N) is 2. The predicted octanol–water partition coefficient (Wildman–Crippen LogP) is 5.10. The molecule has 0 bridgehead atoms. The highest BCUT2D eigenvalue weighted by atomic mass is 19.3. The van der Waals surface area contributed by atoms with E-state index in [1.54, 1.807) is 19.1 Å². The number of amides is 2. The van der Waals surface area contributed by atoms with Crippen molar-refractivity contribution in [3.8, 4) is 5.75 Å². The molecule has 0 fully saturated rings. The highest BCUT2D eigenvalue weighted by Gasteiger charge is 2.16. The third-order valence-electron chi connectivity index (χ3n) is 3.94. The number of rotatable bonds is 5. The Hall–Kier alpha value is -2.63. The van der Waals surface area contributed by atoms with Gasteiger partial charge in [0.25, 0.3) is 0 Å². The molecule has 25 heavy (non-hydrogen) atoms. The van der Waals surface area contributed by atoms with Crippen LogP contribution in [0.5, 0.6) is 5.75 Å². The van der Waals surface area contributed by atoms with Crippen molar-refractivity contribution in [1.29, 1.82) is 0 Å². The second-order valence-corrected chi connectivity index (χ2v) is 6.01. The molecule has 0 heterocycles. The van der Waals surface area contributed by atoms with Crippen LogP contribution < -0.4 is 15.4 Å². The van der Waals surface area contributed by atoms with Crippen molar-refractivity contribution < 1.29 is 18.3 Å². The van der Waals surface area contributed by atoms with E-state index in [2.05, 4.69) is 15.4 Å². The van der Waals surface area contributed by atoms with Crippen LogP contribution in [0.25, 0.3) is 0 Å². The van der Waals surface area contributed by atoms with Crippen LogP contribution in [0.3, 0.4) is 0 Å². The van der Waals surface area contributed by atoms with Crippen LogP contribution in [-0.2, 0) is 0 Å². The fourth-order valence-electron chi connectivity index (χ4n) is 2.65. The van der Waals surface area contributed by atoms with Crippen LogP contribution in [0.2, 0.25) is 0 Å². The summed E-state index contributed by atoms with van der Waals surface area (Å²) in [7, 11) is 0. The highest BCUT2D eigenvalue weighted by Crippen LogP contribution is 2.29. The maximum atomic E-state index is 12.5. The molecule has 2 aromatic carbocycles. The fraction of sp³-hybridized carbons (Fsp3) is 0.316. The Morgan fingerprint density at radius 3 is 2.48 bits per heavy atom. The first kappa shape index (κ1) is 18.7. The van der Waals surface area contributed by atoms with Crippen molar-refractivity contribution in [2.45, 2.75) is 40.3 Å². The number of halogens is 2. The van der Waals surface area contributed by atoms with E-state index < -0.39 is 12.6 Å². The van der Waals surface area contributed by atoms with Crippen molar-refractivity contribution in [3.63, 3.8) is 0 Å². The van der Waals surface area contributed by atoms with Gasteiger partial charge in [-0.2, -0.15) is 8.78 Å². The van der Waals surface area contributed by atoms with Gasteiger partial charge >= 0.3 is 12.6 Å². The van der Waals surface area contributed by atoms with Gasteiger partial charge in [-0.1, -0.05) is 35.9 Å². The number of hydrogen-bond acceptors (Lipinski definition) is 2. The molecule has 0 aromatic heterocycles. The smallest absolute Gasteiger partial charge is 0.387 e. The van der Waals surface area contributed by atoms with Gasteiger partial charge in [-0.3, -0.25) is 0 Å². The minimum absolute atomic E-state index is 0.0652. The van der Waals surface area contributed by atoms with E-state index in [1.165, 1.54) is 6.07 Å². The summed E-state index contributed by atoms with van der Waals surface area (Å²) in [5.74, 6) is -0.0652. The summed E-state index contributed by atoms with van der Waals surface area (Å²) in [4.78, 5) is 12.3. The maximum absolute atomic E-state index is 12.5. The maximum Gasteiger partial charge on any atom is 0.387 e. The molecule has 0 spiro atoms. The monoisotopic (exact) mass is 348 g/mol. The highest BCUT2D eigenvalue weighted by molar-refractivity contribution is 5.92. The molecule has 0 saturated carbocycles. The molecule has 0 radical (unpaired) electrons. The Morgan fingerprint density at radius 1 is 1.08 bits per heavy atom. The van der Waals surface area contributed by atoms with E-state index in [4.69, 9.17) is 0 Å². The van der Waals surface area contributed by atoms with E-state index in [1.807, 2.05) is 39.0 Å². The molecule has 0 saturated heterocycles. The second kappa shape index (κ2) is 7.96. The van der Waals surface area contributed by atoms with Gasteiger partial charge in [0, 0.05) is 0 Å². The Bertz CT molecular complexity index is 763. The lowest BCUT2D eigenvalue weighted by molar-refractivity contribution is -0.0493. The summed E-state index contributed by atoms with van der Waals surface area (Å²) >= 11 is 0. The summed E-state index contributed by atoms with van der Waals surface area (Å²) in [5, 5.41) is 5.44. The first-order valence-corrected chi connectivity index (χ1v) is 7.97. The second-order valence-electron chi connectivity index (χ2n) is 6.01. The molecule has 2 amide bonds. The Kier molecular flexibility index (Phi) is 5.96. The number of carbonyl (C=O) groups excluding carboxylic acids is 1. The number of hydrogen-bond donors (Lipinski definition) is 2. The van der Waals surface area contributed by atoms with Crippen molar-refractivity contribution in [1.82, 2.24) is 5.32 Å². The zero-order valence-electron chi connectivity index (χ0n) is 14.7. The average Bonchev–Trinajstić information content (AvgIpc) is 2.52. The Morgan fingerprint density at radius 2 is 1.80 bits per heavy atom. The summed E-state index contributed by atoms with van der Waals surface area (Å²) in [6, 6.07) is 9.99. The van der Waals surface area contributed by atoms with E-state index in [-0.39, 0.29) is 17.5 Å². The molecule has 2 rings (SSSR count). The van der Waals surface area contributed by atoms with Gasteiger partial charge < -0.3 is 15.4 Å². The van der Waals surface area contributed by atoms with Gasteiger partial charge in [0.05, 0.1) is 11.7 Å². The summed E-state index contributed by atoms with van der Waals surface area (Å²) in [6.45, 7) is 4.58. The first-order valence-electron chi connectivity index (χ1n) is 7.97. The lowest BCUT2D eigenvalue weighted by atomic mass is 10.0. The number of carbonyl (C=O) groups is 1. The van der Waals surface area contributed by atoms with Crippen LogP contribution in [0, 0.1) is 20.8 Å². The Labute approximate surface area is 146 Å². The standard InChI is InChI=1S/C19H22F2N2O2/c1-11-8-9-12(2)15(10-11)14(4)22-19(24)23-17-13(3)6-5-7-16(17)25-18(20)21/h5-10,14,18H,1-4H3,(H2,22,23,24).